The lowest BCUT2D eigenvalue weighted by Gasteiger charge is -2.36. The van der Waals surface area contributed by atoms with Crippen molar-refractivity contribution in [3.8, 4) is 0 Å². The maximum absolute atomic E-state index is 13.4. The van der Waals surface area contributed by atoms with Gasteiger partial charge >= 0.3 is 5.97 Å². The predicted octanol–water partition coefficient (Wildman–Crippen LogP) is -2.38. The molecule has 17 heteroatoms. The standard InChI is InChI=1S/C26H43N11O5S/c1-15(31-21(38)13-36-14-30-32-33-36)8-22(39)37-17(3)16(2)24(23(37)26(41)42)43-19-9-20(29-11-19)25(40)35-6-4-34(5-7-35)12-18(28)10-27/h14-20,29H,4-13,27-28H2,1-3H3,(H,31,38)(H,41,42)/t15-,16-,17+,18-,19?,20+/m1/s1. The van der Waals surface area contributed by atoms with Crippen LogP contribution in [0.15, 0.2) is 16.9 Å². The van der Waals surface area contributed by atoms with Crippen molar-refractivity contribution in [3.63, 3.8) is 0 Å². The number of nitrogens with two attached hydrogens (primary N) is 2. The molecule has 2 saturated heterocycles. The smallest absolute Gasteiger partial charge is 0.353 e. The number of aliphatic carboxylic acids is 1. The van der Waals surface area contributed by atoms with E-state index in [0.717, 1.165) is 13.1 Å². The molecule has 3 aliphatic heterocycles. The van der Waals surface area contributed by atoms with E-state index in [-0.39, 0.29) is 65.7 Å². The van der Waals surface area contributed by atoms with Gasteiger partial charge in [-0.15, -0.1) is 16.9 Å². The highest BCUT2D eigenvalue weighted by Gasteiger charge is 2.44. The van der Waals surface area contributed by atoms with Crippen LogP contribution < -0.4 is 22.1 Å². The fraction of sp³-hybridized carbons (Fsp3) is 0.731. The molecule has 0 bridgehead atoms. The Bertz CT molecular complexity index is 1190. The summed E-state index contributed by atoms with van der Waals surface area (Å²) >= 11 is 1.44. The topological polar surface area (TPSA) is 218 Å². The molecule has 0 saturated carbocycles. The second-order valence-corrected chi connectivity index (χ2v) is 12.9. The van der Waals surface area contributed by atoms with Crippen molar-refractivity contribution in [3.05, 3.63) is 16.9 Å². The van der Waals surface area contributed by atoms with Crippen molar-refractivity contribution in [2.45, 2.75) is 69.6 Å². The van der Waals surface area contributed by atoms with Gasteiger partial charge in [0.05, 0.1) is 6.04 Å². The second-order valence-electron chi connectivity index (χ2n) is 11.5. The Morgan fingerprint density at radius 2 is 1.93 bits per heavy atom. The quantitative estimate of drug-likeness (QED) is 0.165. The first-order valence-corrected chi connectivity index (χ1v) is 15.5. The average Bonchev–Trinajstić information content (AvgIpc) is 3.70. The van der Waals surface area contributed by atoms with E-state index in [1.54, 1.807) is 6.92 Å². The molecule has 0 spiro atoms. The highest BCUT2D eigenvalue weighted by molar-refractivity contribution is 8.03. The lowest BCUT2D eigenvalue weighted by molar-refractivity contribution is -0.140. The number of aromatic nitrogens is 4. The van der Waals surface area contributed by atoms with Crippen LogP contribution in [0.5, 0.6) is 0 Å². The number of carbonyl (C=O) groups excluding carboxylic acids is 3. The van der Waals surface area contributed by atoms with Crippen molar-refractivity contribution < 1.29 is 24.3 Å². The summed E-state index contributed by atoms with van der Waals surface area (Å²) in [5, 5.41) is 26.9. The van der Waals surface area contributed by atoms with Crippen LogP contribution in [-0.4, -0.2) is 139 Å². The first-order chi connectivity index (χ1) is 20.5. The molecule has 0 aromatic carbocycles. The first-order valence-electron chi connectivity index (χ1n) is 14.6. The number of piperazine rings is 1. The molecule has 43 heavy (non-hydrogen) atoms. The molecule has 6 atom stereocenters. The van der Waals surface area contributed by atoms with E-state index in [0.29, 0.717) is 44.0 Å². The van der Waals surface area contributed by atoms with Gasteiger partial charge in [0.25, 0.3) is 0 Å². The molecule has 1 aromatic heterocycles. The number of thioether (sulfide) groups is 1. The van der Waals surface area contributed by atoms with Gasteiger partial charge in [0.1, 0.15) is 18.6 Å². The third kappa shape index (κ3) is 8.08. The molecule has 1 aromatic rings. The second kappa shape index (κ2) is 14.6. The minimum Gasteiger partial charge on any atom is -0.477 e. The fourth-order valence-electron chi connectivity index (χ4n) is 5.77. The number of nitrogens with zero attached hydrogens (tertiary/aromatic N) is 7. The zero-order valence-electron chi connectivity index (χ0n) is 24.9. The molecule has 0 radical (unpaired) electrons. The number of rotatable bonds is 12. The molecule has 0 aliphatic carbocycles. The zero-order chi connectivity index (χ0) is 31.3. The first kappa shape index (κ1) is 32.8. The Morgan fingerprint density at radius 3 is 2.56 bits per heavy atom. The van der Waals surface area contributed by atoms with Crippen LogP contribution in [0.2, 0.25) is 0 Å². The van der Waals surface area contributed by atoms with Crippen LogP contribution in [0.4, 0.5) is 0 Å². The number of carbonyl (C=O) groups is 4. The Kier molecular flexibility index (Phi) is 11.1. The van der Waals surface area contributed by atoms with E-state index in [9.17, 15) is 24.3 Å². The third-order valence-electron chi connectivity index (χ3n) is 8.24. The molecular weight excluding hydrogens is 578 g/mol. The normalized spacial score (nSPS) is 26.1. The van der Waals surface area contributed by atoms with Gasteiger partial charge in [-0.05, 0) is 30.7 Å². The van der Waals surface area contributed by atoms with Gasteiger partial charge < -0.3 is 37.0 Å². The lowest BCUT2D eigenvalue weighted by atomic mass is 10.1. The van der Waals surface area contributed by atoms with Crippen LogP contribution in [0.3, 0.4) is 0 Å². The van der Waals surface area contributed by atoms with Crippen molar-refractivity contribution in [1.82, 2.24) is 45.5 Å². The van der Waals surface area contributed by atoms with E-state index in [1.807, 2.05) is 18.7 Å². The predicted molar refractivity (Wildman–Crippen MR) is 158 cm³/mol. The summed E-state index contributed by atoms with van der Waals surface area (Å²) in [6, 6.07) is -1.32. The Hall–Kier alpha value is -3.12. The van der Waals surface area contributed by atoms with E-state index in [1.165, 1.54) is 27.7 Å². The molecule has 3 amide bonds. The van der Waals surface area contributed by atoms with Crippen LogP contribution >= 0.6 is 11.8 Å². The van der Waals surface area contributed by atoms with Crippen molar-refractivity contribution in [1.29, 1.82) is 0 Å². The maximum Gasteiger partial charge on any atom is 0.353 e. The third-order valence-corrected chi connectivity index (χ3v) is 9.75. The number of hydrogen-bond acceptors (Lipinski definition) is 12. The molecule has 1 unspecified atom stereocenters. The lowest BCUT2D eigenvalue weighted by Crippen LogP contribution is -2.55. The number of tetrazole rings is 1. The number of hydrogen-bond donors (Lipinski definition) is 5. The Balaban J connectivity index is 1.34. The minimum absolute atomic E-state index is 0.0173. The number of nitrogens with one attached hydrogen (secondary N) is 2. The monoisotopic (exact) mass is 621 g/mol. The Morgan fingerprint density at radius 1 is 1.21 bits per heavy atom. The van der Waals surface area contributed by atoms with E-state index in [4.69, 9.17) is 11.5 Å². The molecule has 238 valence electrons. The maximum atomic E-state index is 13.4. The summed E-state index contributed by atoms with van der Waals surface area (Å²) < 4.78 is 1.26. The molecule has 2 fully saturated rings. The van der Waals surface area contributed by atoms with Crippen LogP contribution in [0.1, 0.15) is 33.6 Å². The van der Waals surface area contributed by atoms with Gasteiger partial charge in [-0.1, -0.05) is 6.92 Å². The molecule has 4 heterocycles. The fourth-order valence-corrected chi connectivity index (χ4v) is 7.31. The van der Waals surface area contributed by atoms with E-state index >= 15 is 0 Å². The Labute approximate surface area is 254 Å². The van der Waals surface area contributed by atoms with E-state index < -0.39 is 12.0 Å². The van der Waals surface area contributed by atoms with Crippen molar-refractivity contribution in [2.24, 2.45) is 17.4 Å². The summed E-state index contributed by atoms with van der Waals surface area (Å²) in [7, 11) is 0. The van der Waals surface area contributed by atoms with Crippen LogP contribution in [0, 0.1) is 5.92 Å². The SMILES string of the molecule is C[C@H](CC(=O)N1C(C(=O)O)=C(SC2CN[C@H](C(=O)N3CCN(C[C@H](N)CN)CC3)C2)[C@H](C)[C@@H]1C)NC(=O)Cn1cnnn1. The van der Waals surface area contributed by atoms with Gasteiger partial charge in [-0.25, -0.2) is 9.48 Å². The van der Waals surface area contributed by atoms with Gasteiger partial charge in [0, 0.05) is 86.4 Å². The highest BCUT2D eigenvalue weighted by Crippen LogP contribution is 2.44. The summed E-state index contributed by atoms with van der Waals surface area (Å²) in [5.74, 6) is -2.07. The number of amides is 3. The largest absolute Gasteiger partial charge is 0.477 e. The van der Waals surface area contributed by atoms with E-state index in [2.05, 4.69) is 31.1 Å². The molecule has 7 N–H and O–H groups in total. The molecule has 3 aliphatic rings. The summed E-state index contributed by atoms with van der Waals surface area (Å²) in [6.45, 7) is 9.80. The molecule has 16 nitrogen and oxygen atoms in total. The summed E-state index contributed by atoms with van der Waals surface area (Å²) in [5.41, 5.74) is 11.6. The minimum atomic E-state index is -1.17. The van der Waals surface area contributed by atoms with Gasteiger partial charge in [-0.2, -0.15) is 0 Å². The molecular formula is C26H43N11O5S. The van der Waals surface area contributed by atoms with Crippen molar-refractivity contribution >= 4 is 35.5 Å². The molecule has 4 rings (SSSR count). The average molecular weight is 622 g/mol. The van der Waals surface area contributed by atoms with Gasteiger partial charge in [0.2, 0.25) is 17.7 Å². The number of carboxylic acid groups (broad SMARTS) is 1. The van der Waals surface area contributed by atoms with Crippen molar-refractivity contribution in [2.75, 3.05) is 45.8 Å². The summed E-state index contributed by atoms with van der Waals surface area (Å²) in [6.07, 6.45) is 1.81. The van der Waals surface area contributed by atoms with Crippen LogP contribution in [-0.2, 0) is 25.7 Å². The highest BCUT2D eigenvalue weighted by atomic mass is 32.2. The zero-order valence-corrected chi connectivity index (χ0v) is 25.7. The van der Waals surface area contributed by atoms with Crippen LogP contribution in [0.25, 0.3) is 0 Å². The van der Waals surface area contributed by atoms with Gasteiger partial charge in [-0.3, -0.25) is 19.3 Å². The summed E-state index contributed by atoms with van der Waals surface area (Å²) in [4.78, 5) is 57.5. The number of carboxylic acids is 1. The van der Waals surface area contributed by atoms with Gasteiger partial charge in [0.15, 0.2) is 0 Å².